The van der Waals surface area contributed by atoms with E-state index in [4.69, 9.17) is 11.3 Å². The zero-order valence-electron chi connectivity index (χ0n) is 10.9. The van der Waals surface area contributed by atoms with Gasteiger partial charge in [-0.15, -0.1) is 0 Å². The second-order valence-electron chi connectivity index (χ2n) is 4.06. The first kappa shape index (κ1) is 15.8. The van der Waals surface area contributed by atoms with E-state index in [2.05, 4.69) is 14.8 Å². The van der Waals surface area contributed by atoms with Crippen LogP contribution in [-0.2, 0) is 4.74 Å². The highest BCUT2D eigenvalue weighted by Crippen LogP contribution is 2.27. The minimum atomic E-state index is -1.28. The summed E-state index contributed by atoms with van der Waals surface area (Å²) >= 11 is 0. The van der Waals surface area contributed by atoms with Gasteiger partial charge in [-0.1, -0.05) is 17.2 Å². The van der Waals surface area contributed by atoms with Crippen molar-refractivity contribution >= 4 is 11.7 Å². The largest absolute Gasteiger partial charge is 0.465 e. The van der Waals surface area contributed by atoms with Gasteiger partial charge in [0, 0.05) is 17.0 Å². The molecule has 8 nitrogen and oxygen atoms in total. The van der Waals surface area contributed by atoms with Crippen molar-refractivity contribution in [3.05, 3.63) is 39.8 Å². The normalized spacial score (nSPS) is 13.2. The predicted octanol–water partition coefficient (Wildman–Crippen LogP) is 1.15. The van der Waals surface area contributed by atoms with Crippen LogP contribution >= 0.6 is 0 Å². The van der Waals surface area contributed by atoms with Gasteiger partial charge in [0.1, 0.15) is 6.10 Å². The van der Waals surface area contributed by atoms with Crippen LogP contribution in [-0.4, -0.2) is 35.9 Å². The quantitative estimate of drug-likeness (QED) is 0.235. The van der Waals surface area contributed by atoms with Gasteiger partial charge in [-0.05, 0) is 18.0 Å². The molecule has 0 bridgehead atoms. The molecule has 2 atom stereocenters. The first-order valence-electron chi connectivity index (χ1n) is 5.86. The van der Waals surface area contributed by atoms with E-state index >= 15 is 0 Å². The van der Waals surface area contributed by atoms with Gasteiger partial charge in [-0.3, -0.25) is 0 Å². The molecule has 1 rings (SSSR count). The molecule has 0 aliphatic carbocycles. The maximum atomic E-state index is 11.5. The fraction of sp³-hybridized carbons (Fsp3) is 0.417. The number of methoxy groups -OCH3 is 1. The van der Waals surface area contributed by atoms with E-state index in [1.165, 1.54) is 25.3 Å². The van der Waals surface area contributed by atoms with E-state index < -0.39 is 18.2 Å². The molecule has 0 aliphatic rings. The molecule has 108 valence electrons. The number of nitrogens with two attached hydrogens (primary N) is 1. The minimum Gasteiger partial charge on any atom is -0.465 e. The van der Waals surface area contributed by atoms with Gasteiger partial charge in [-0.2, -0.15) is 0 Å². The highest BCUT2D eigenvalue weighted by atomic mass is 16.5. The summed E-state index contributed by atoms with van der Waals surface area (Å²) in [6.07, 6.45) is -2.36. The molecule has 0 saturated heterocycles. The fourth-order valence-electron chi connectivity index (χ4n) is 1.73. The summed E-state index contributed by atoms with van der Waals surface area (Å²) in [6, 6.07) is 4.49. The van der Waals surface area contributed by atoms with E-state index in [1.807, 2.05) is 0 Å². The molecule has 4 N–H and O–H groups in total. The van der Waals surface area contributed by atoms with Gasteiger partial charge in [-0.25, -0.2) is 4.79 Å². The Hall–Kier alpha value is -2.28. The van der Waals surface area contributed by atoms with Crippen LogP contribution in [0.5, 0.6) is 0 Å². The van der Waals surface area contributed by atoms with Gasteiger partial charge < -0.3 is 20.7 Å². The van der Waals surface area contributed by atoms with E-state index in [9.17, 15) is 15.0 Å². The molecule has 2 unspecified atom stereocenters. The van der Waals surface area contributed by atoms with Crippen molar-refractivity contribution in [2.24, 2.45) is 5.11 Å². The topological polar surface area (TPSA) is 142 Å². The van der Waals surface area contributed by atoms with Gasteiger partial charge in [0.2, 0.25) is 0 Å². The Kier molecular flexibility index (Phi) is 5.79. The predicted molar refractivity (Wildman–Crippen MR) is 71.8 cm³/mol. The number of anilines is 1. The van der Waals surface area contributed by atoms with Gasteiger partial charge in [0.05, 0.1) is 24.5 Å². The molecule has 0 aromatic heterocycles. The smallest absolute Gasteiger partial charge is 0.339 e. The van der Waals surface area contributed by atoms with Crippen LogP contribution in [0.2, 0.25) is 0 Å². The van der Waals surface area contributed by atoms with Crippen LogP contribution in [0.3, 0.4) is 0 Å². The summed E-state index contributed by atoms with van der Waals surface area (Å²) in [5, 5.41) is 23.1. The van der Waals surface area contributed by atoms with Crippen molar-refractivity contribution in [1.82, 2.24) is 0 Å². The van der Waals surface area contributed by atoms with Gasteiger partial charge >= 0.3 is 5.97 Å². The number of nitrogen functional groups attached to an aromatic ring is 1. The SMILES string of the molecule is COC(=O)c1cccc(C(O)C(O)CCN=[N+]=[N-])c1N. The lowest BCUT2D eigenvalue weighted by Gasteiger charge is -2.20. The van der Waals surface area contributed by atoms with Crippen molar-refractivity contribution in [1.29, 1.82) is 0 Å². The Balaban J connectivity index is 2.95. The van der Waals surface area contributed by atoms with Crippen LogP contribution in [0, 0.1) is 0 Å². The third-order valence-electron chi connectivity index (χ3n) is 2.82. The summed E-state index contributed by atoms with van der Waals surface area (Å²) in [5.41, 5.74) is 14.3. The number of nitrogens with zero attached hydrogens (tertiary/aromatic N) is 3. The highest BCUT2D eigenvalue weighted by Gasteiger charge is 2.23. The molecule has 0 saturated carbocycles. The number of azide groups is 1. The number of aliphatic hydroxyl groups excluding tert-OH is 2. The monoisotopic (exact) mass is 280 g/mol. The first-order chi connectivity index (χ1) is 9.52. The van der Waals surface area contributed by atoms with Crippen LogP contribution in [0.1, 0.15) is 28.4 Å². The van der Waals surface area contributed by atoms with E-state index in [1.54, 1.807) is 0 Å². The lowest BCUT2D eigenvalue weighted by Crippen LogP contribution is -2.21. The second kappa shape index (κ2) is 7.34. The summed E-state index contributed by atoms with van der Waals surface area (Å²) < 4.78 is 4.57. The maximum Gasteiger partial charge on any atom is 0.339 e. The molecule has 0 spiro atoms. The molecule has 0 aliphatic heterocycles. The summed E-state index contributed by atoms with van der Waals surface area (Å²) in [7, 11) is 1.22. The molecule has 20 heavy (non-hydrogen) atoms. The summed E-state index contributed by atoms with van der Waals surface area (Å²) in [5.74, 6) is -0.625. The Morgan fingerprint density at radius 3 is 2.85 bits per heavy atom. The van der Waals surface area contributed by atoms with Crippen molar-refractivity contribution in [2.75, 3.05) is 19.4 Å². The highest BCUT2D eigenvalue weighted by molar-refractivity contribution is 5.95. The number of aliphatic hydroxyl groups is 2. The molecule has 0 amide bonds. The lowest BCUT2D eigenvalue weighted by atomic mass is 9.98. The third kappa shape index (κ3) is 3.61. The summed E-state index contributed by atoms with van der Waals surface area (Å²) in [4.78, 5) is 14.0. The number of hydrogen-bond acceptors (Lipinski definition) is 6. The van der Waals surface area contributed by atoms with Crippen molar-refractivity contribution in [3.8, 4) is 0 Å². The first-order valence-corrected chi connectivity index (χ1v) is 5.86. The number of esters is 1. The molecule has 1 aromatic rings. The lowest BCUT2D eigenvalue weighted by molar-refractivity contribution is 0.0154. The van der Waals surface area contributed by atoms with Crippen molar-refractivity contribution in [2.45, 2.75) is 18.6 Å². The van der Waals surface area contributed by atoms with Crippen molar-refractivity contribution < 1.29 is 19.7 Å². The Bertz CT molecular complexity index is 528. The van der Waals surface area contributed by atoms with Crippen LogP contribution < -0.4 is 5.73 Å². The number of carbonyl (C=O) groups excluding carboxylic acids is 1. The fourth-order valence-corrected chi connectivity index (χ4v) is 1.73. The molecule has 0 radical (unpaired) electrons. The average molecular weight is 280 g/mol. The maximum absolute atomic E-state index is 11.5. The van der Waals surface area contributed by atoms with E-state index in [0.717, 1.165) is 0 Å². The van der Waals surface area contributed by atoms with E-state index in [0.29, 0.717) is 0 Å². The Morgan fingerprint density at radius 2 is 2.25 bits per heavy atom. The molecular formula is C12H16N4O4. The zero-order chi connectivity index (χ0) is 15.1. The zero-order valence-corrected chi connectivity index (χ0v) is 10.9. The molecule has 8 heteroatoms. The van der Waals surface area contributed by atoms with E-state index in [-0.39, 0.29) is 29.8 Å². The second-order valence-corrected chi connectivity index (χ2v) is 4.06. The number of benzene rings is 1. The molecular weight excluding hydrogens is 264 g/mol. The van der Waals surface area contributed by atoms with Crippen LogP contribution in [0.25, 0.3) is 10.4 Å². The number of hydrogen-bond donors (Lipinski definition) is 3. The Morgan fingerprint density at radius 1 is 1.55 bits per heavy atom. The Labute approximate surface area is 115 Å². The van der Waals surface area contributed by atoms with Gasteiger partial charge in [0.15, 0.2) is 0 Å². The van der Waals surface area contributed by atoms with Crippen molar-refractivity contribution in [3.63, 3.8) is 0 Å². The van der Waals surface area contributed by atoms with Crippen LogP contribution in [0.4, 0.5) is 5.69 Å². The average Bonchev–Trinajstić information content (AvgIpc) is 2.46. The van der Waals surface area contributed by atoms with Crippen LogP contribution in [0.15, 0.2) is 23.3 Å². The van der Waals surface area contributed by atoms with Gasteiger partial charge in [0.25, 0.3) is 0 Å². The number of carbonyl (C=O) groups is 1. The third-order valence-corrected chi connectivity index (χ3v) is 2.82. The number of para-hydroxylation sites is 1. The molecule has 0 heterocycles. The molecule has 1 aromatic carbocycles. The summed E-state index contributed by atoms with van der Waals surface area (Å²) in [6.45, 7) is 0.0469. The molecule has 0 fully saturated rings. The number of ether oxygens (including phenoxy) is 1. The number of rotatable bonds is 6. The standard InChI is InChI=1S/C12H16N4O4/c1-20-12(19)8-4-2-3-7(10(8)13)11(18)9(17)5-6-15-16-14/h2-4,9,11,17-18H,5-6,13H2,1H3. The minimum absolute atomic E-state index is 0.0469.